The van der Waals surface area contributed by atoms with Crippen LogP contribution in [0, 0.1) is 5.82 Å². The lowest BCUT2D eigenvalue weighted by Crippen LogP contribution is -2.37. The summed E-state index contributed by atoms with van der Waals surface area (Å²) >= 11 is 3.16. The van der Waals surface area contributed by atoms with Crippen molar-refractivity contribution in [1.82, 2.24) is 5.32 Å². The standard InChI is InChI=1S/C12H13BrFNO2/c1-7(12(16)15-9-3-4-9)17-11-5-2-8(13)6-10(11)14/h2,5-7,9H,3-4H2,1H3,(H,15,16). The Morgan fingerprint density at radius 3 is 2.88 bits per heavy atom. The van der Waals surface area contributed by atoms with Crippen LogP contribution in [0.5, 0.6) is 5.75 Å². The van der Waals surface area contributed by atoms with Gasteiger partial charge in [0.05, 0.1) is 0 Å². The molecule has 0 spiro atoms. The maximum absolute atomic E-state index is 13.5. The van der Waals surface area contributed by atoms with E-state index in [1.54, 1.807) is 13.0 Å². The number of hydrogen-bond donors (Lipinski definition) is 1. The monoisotopic (exact) mass is 301 g/mol. The van der Waals surface area contributed by atoms with Crippen molar-refractivity contribution in [1.29, 1.82) is 0 Å². The van der Waals surface area contributed by atoms with Gasteiger partial charge in [-0.25, -0.2) is 4.39 Å². The first-order valence-corrected chi connectivity index (χ1v) is 6.27. The number of benzene rings is 1. The molecule has 3 nitrogen and oxygen atoms in total. The number of halogens is 2. The van der Waals surface area contributed by atoms with Crippen molar-refractivity contribution in [3.8, 4) is 5.75 Å². The minimum Gasteiger partial charge on any atom is -0.478 e. The third kappa shape index (κ3) is 3.43. The van der Waals surface area contributed by atoms with Gasteiger partial charge in [-0.15, -0.1) is 0 Å². The molecule has 1 aliphatic rings. The number of carbonyl (C=O) groups excluding carboxylic acids is 1. The number of rotatable bonds is 4. The normalized spacial score (nSPS) is 16.4. The third-order valence-corrected chi connectivity index (χ3v) is 2.98. The van der Waals surface area contributed by atoms with Gasteiger partial charge in [-0.1, -0.05) is 15.9 Å². The molecule has 1 unspecified atom stereocenters. The maximum atomic E-state index is 13.5. The molecule has 0 aromatic heterocycles. The fourth-order valence-corrected chi connectivity index (χ4v) is 1.69. The smallest absolute Gasteiger partial charge is 0.260 e. The Balaban J connectivity index is 1.96. The van der Waals surface area contributed by atoms with Gasteiger partial charge in [0.2, 0.25) is 0 Å². The number of nitrogens with one attached hydrogen (secondary N) is 1. The van der Waals surface area contributed by atoms with E-state index in [9.17, 15) is 9.18 Å². The van der Waals surface area contributed by atoms with Crippen LogP contribution >= 0.6 is 15.9 Å². The molecule has 1 aliphatic carbocycles. The quantitative estimate of drug-likeness (QED) is 0.928. The average Bonchev–Trinajstić information content (AvgIpc) is 3.06. The second-order valence-corrected chi connectivity index (χ2v) is 5.03. The van der Waals surface area contributed by atoms with Gasteiger partial charge in [0.25, 0.3) is 5.91 Å². The summed E-state index contributed by atoms with van der Waals surface area (Å²) in [7, 11) is 0. The van der Waals surface area contributed by atoms with Gasteiger partial charge < -0.3 is 10.1 Å². The highest BCUT2D eigenvalue weighted by Crippen LogP contribution is 2.23. The summed E-state index contributed by atoms with van der Waals surface area (Å²) in [5.41, 5.74) is 0. The van der Waals surface area contributed by atoms with Gasteiger partial charge in [-0.2, -0.15) is 0 Å². The largest absolute Gasteiger partial charge is 0.478 e. The lowest BCUT2D eigenvalue weighted by atomic mass is 10.3. The molecule has 1 amide bonds. The van der Waals surface area contributed by atoms with E-state index < -0.39 is 11.9 Å². The fourth-order valence-electron chi connectivity index (χ4n) is 1.36. The van der Waals surface area contributed by atoms with Gasteiger partial charge in [-0.05, 0) is 38.0 Å². The molecule has 1 saturated carbocycles. The minimum absolute atomic E-state index is 0.0895. The van der Waals surface area contributed by atoms with Crippen LogP contribution in [-0.2, 0) is 4.79 Å². The van der Waals surface area contributed by atoms with E-state index in [4.69, 9.17) is 4.74 Å². The van der Waals surface area contributed by atoms with Gasteiger partial charge in [0.15, 0.2) is 17.7 Å². The molecule has 92 valence electrons. The summed E-state index contributed by atoms with van der Waals surface area (Å²) in [4.78, 5) is 11.6. The highest BCUT2D eigenvalue weighted by molar-refractivity contribution is 9.10. The zero-order chi connectivity index (χ0) is 12.4. The molecule has 1 fully saturated rings. The van der Waals surface area contributed by atoms with Crippen LogP contribution in [-0.4, -0.2) is 18.1 Å². The molecule has 1 N–H and O–H groups in total. The molecule has 1 aromatic carbocycles. The lowest BCUT2D eigenvalue weighted by molar-refractivity contribution is -0.127. The van der Waals surface area contributed by atoms with Crippen molar-refractivity contribution in [3.05, 3.63) is 28.5 Å². The zero-order valence-electron chi connectivity index (χ0n) is 9.37. The zero-order valence-corrected chi connectivity index (χ0v) is 11.0. The molecule has 1 atom stereocenters. The molecule has 0 radical (unpaired) electrons. The van der Waals surface area contributed by atoms with Gasteiger partial charge in [0, 0.05) is 10.5 Å². The molecule has 0 aliphatic heterocycles. The first kappa shape index (κ1) is 12.4. The van der Waals surface area contributed by atoms with Crippen molar-refractivity contribution in [2.75, 3.05) is 0 Å². The fraction of sp³-hybridized carbons (Fsp3) is 0.417. The van der Waals surface area contributed by atoms with Crippen molar-refractivity contribution in [2.24, 2.45) is 0 Å². The van der Waals surface area contributed by atoms with Crippen LogP contribution in [0.3, 0.4) is 0 Å². The van der Waals surface area contributed by atoms with E-state index in [2.05, 4.69) is 21.2 Å². The molecule has 0 bridgehead atoms. The van der Waals surface area contributed by atoms with Gasteiger partial charge in [0.1, 0.15) is 0 Å². The summed E-state index contributed by atoms with van der Waals surface area (Å²) < 4.78 is 19.4. The predicted octanol–water partition coefficient (Wildman–Crippen LogP) is 2.63. The topological polar surface area (TPSA) is 38.3 Å². The van der Waals surface area contributed by atoms with E-state index in [-0.39, 0.29) is 17.7 Å². The van der Waals surface area contributed by atoms with Crippen LogP contribution in [0.1, 0.15) is 19.8 Å². The molecule has 17 heavy (non-hydrogen) atoms. The number of hydrogen-bond acceptors (Lipinski definition) is 2. The van der Waals surface area contributed by atoms with Crippen LogP contribution in [0.2, 0.25) is 0 Å². The lowest BCUT2D eigenvalue weighted by Gasteiger charge is -2.14. The van der Waals surface area contributed by atoms with Crippen molar-refractivity contribution in [2.45, 2.75) is 31.9 Å². The van der Waals surface area contributed by atoms with E-state index in [0.717, 1.165) is 12.8 Å². The molecule has 2 rings (SSSR count). The third-order valence-electron chi connectivity index (χ3n) is 2.49. The summed E-state index contributed by atoms with van der Waals surface area (Å²) in [6.07, 6.45) is 1.35. The predicted molar refractivity (Wildman–Crippen MR) is 65.4 cm³/mol. The Morgan fingerprint density at radius 2 is 2.29 bits per heavy atom. The Bertz CT molecular complexity index is 435. The molecule has 0 heterocycles. The van der Waals surface area contributed by atoms with E-state index in [1.165, 1.54) is 12.1 Å². The first-order valence-electron chi connectivity index (χ1n) is 5.48. The molecule has 0 saturated heterocycles. The van der Waals surface area contributed by atoms with Crippen LogP contribution in [0.4, 0.5) is 4.39 Å². The van der Waals surface area contributed by atoms with Crippen molar-refractivity contribution in [3.63, 3.8) is 0 Å². The van der Waals surface area contributed by atoms with Crippen molar-refractivity contribution < 1.29 is 13.9 Å². The molecule has 5 heteroatoms. The van der Waals surface area contributed by atoms with Crippen LogP contribution in [0.25, 0.3) is 0 Å². The van der Waals surface area contributed by atoms with E-state index in [1.807, 2.05) is 0 Å². The Morgan fingerprint density at radius 1 is 1.59 bits per heavy atom. The molecular formula is C12H13BrFNO2. The Labute approximate surface area is 107 Å². The minimum atomic E-state index is -0.689. The van der Waals surface area contributed by atoms with E-state index in [0.29, 0.717) is 4.47 Å². The van der Waals surface area contributed by atoms with Crippen LogP contribution in [0.15, 0.2) is 22.7 Å². The maximum Gasteiger partial charge on any atom is 0.260 e. The second-order valence-electron chi connectivity index (χ2n) is 4.12. The Hall–Kier alpha value is -1.10. The first-order chi connectivity index (χ1) is 8.06. The van der Waals surface area contributed by atoms with Crippen LogP contribution < -0.4 is 10.1 Å². The average molecular weight is 302 g/mol. The van der Waals surface area contributed by atoms with E-state index >= 15 is 0 Å². The summed E-state index contributed by atoms with van der Waals surface area (Å²) in [5.74, 6) is -0.591. The number of amides is 1. The van der Waals surface area contributed by atoms with Crippen molar-refractivity contribution >= 4 is 21.8 Å². The highest BCUT2D eigenvalue weighted by Gasteiger charge is 2.26. The van der Waals surface area contributed by atoms with Gasteiger partial charge in [-0.3, -0.25) is 4.79 Å². The number of ether oxygens (including phenoxy) is 1. The molecular weight excluding hydrogens is 289 g/mol. The second kappa shape index (κ2) is 5.04. The van der Waals surface area contributed by atoms with Gasteiger partial charge >= 0.3 is 0 Å². The summed E-state index contributed by atoms with van der Waals surface area (Å²) in [6, 6.07) is 4.76. The summed E-state index contributed by atoms with van der Waals surface area (Å²) in [5, 5.41) is 2.81. The SMILES string of the molecule is CC(Oc1ccc(Br)cc1F)C(=O)NC1CC1. The number of carbonyl (C=O) groups is 1. The highest BCUT2D eigenvalue weighted by atomic mass is 79.9. The molecule has 1 aromatic rings. The Kier molecular flexibility index (Phi) is 3.66. The summed E-state index contributed by atoms with van der Waals surface area (Å²) in [6.45, 7) is 1.61.